The average molecular weight is 241 g/mol. The molecule has 0 aromatic carbocycles. The Labute approximate surface area is 103 Å². The second-order valence-electron chi connectivity index (χ2n) is 4.61. The molecule has 0 aromatic rings. The Bertz CT molecular complexity index is 275. The Morgan fingerprint density at radius 1 is 1.41 bits per heavy atom. The Balaban J connectivity index is 2.56. The number of likely N-dealkylation sites (N-methyl/N-ethyl adjacent to an activating group) is 1. The minimum Gasteiger partial charge on any atom is -0.337 e. The number of hydrogen-bond acceptors (Lipinski definition) is 3. The van der Waals surface area contributed by atoms with Gasteiger partial charge in [0.15, 0.2) is 0 Å². The maximum Gasteiger partial charge on any atom is 0.242 e. The van der Waals surface area contributed by atoms with Crippen LogP contribution in [0.2, 0.25) is 0 Å². The lowest BCUT2D eigenvalue weighted by Gasteiger charge is -2.29. The van der Waals surface area contributed by atoms with Crippen LogP contribution in [-0.4, -0.2) is 60.9 Å². The molecule has 1 atom stereocenters. The Morgan fingerprint density at radius 2 is 2.12 bits per heavy atom. The molecule has 0 aliphatic carbocycles. The largest absolute Gasteiger partial charge is 0.337 e. The van der Waals surface area contributed by atoms with E-state index in [0.717, 1.165) is 32.5 Å². The van der Waals surface area contributed by atoms with Crippen LogP contribution >= 0.6 is 0 Å². The van der Waals surface area contributed by atoms with Crippen LogP contribution in [0.1, 0.15) is 26.7 Å². The maximum absolute atomic E-state index is 12.1. The van der Waals surface area contributed by atoms with Crippen molar-refractivity contribution in [1.29, 1.82) is 0 Å². The van der Waals surface area contributed by atoms with E-state index in [1.54, 1.807) is 7.05 Å². The topological polar surface area (TPSA) is 52.7 Å². The van der Waals surface area contributed by atoms with Crippen LogP contribution in [0.4, 0.5) is 0 Å². The van der Waals surface area contributed by atoms with Crippen molar-refractivity contribution < 1.29 is 9.59 Å². The third kappa shape index (κ3) is 4.00. The second kappa shape index (κ2) is 6.59. The van der Waals surface area contributed by atoms with E-state index in [4.69, 9.17) is 0 Å². The average Bonchev–Trinajstić information content (AvgIpc) is 2.78. The van der Waals surface area contributed by atoms with Crippen LogP contribution in [0.15, 0.2) is 0 Å². The number of rotatable bonds is 5. The lowest BCUT2D eigenvalue weighted by Crippen LogP contribution is -2.46. The molecule has 0 aromatic heterocycles. The highest BCUT2D eigenvalue weighted by Gasteiger charge is 2.26. The van der Waals surface area contributed by atoms with Gasteiger partial charge in [0, 0.05) is 33.1 Å². The molecule has 0 radical (unpaired) electrons. The molecule has 17 heavy (non-hydrogen) atoms. The maximum atomic E-state index is 12.1. The van der Waals surface area contributed by atoms with Gasteiger partial charge in [0.05, 0.1) is 6.54 Å². The fourth-order valence-corrected chi connectivity index (χ4v) is 2.06. The molecular weight excluding hydrogens is 218 g/mol. The first kappa shape index (κ1) is 14.0. The van der Waals surface area contributed by atoms with Crippen molar-refractivity contribution >= 4 is 11.8 Å². The Hall–Kier alpha value is -1.10. The second-order valence-corrected chi connectivity index (χ2v) is 4.61. The summed E-state index contributed by atoms with van der Waals surface area (Å²) in [4.78, 5) is 26.6. The highest BCUT2D eigenvalue weighted by atomic mass is 16.2. The van der Waals surface area contributed by atoms with Gasteiger partial charge >= 0.3 is 0 Å². The molecule has 1 fully saturated rings. The fourth-order valence-electron chi connectivity index (χ4n) is 2.06. The lowest BCUT2D eigenvalue weighted by molar-refractivity contribution is -0.139. The van der Waals surface area contributed by atoms with E-state index in [-0.39, 0.29) is 18.4 Å². The first-order valence-electron chi connectivity index (χ1n) is 6.28. The number of nitrogens with one attached hydrogen (secondary N) is 1. The molecule has 5 nitrogen and oxygen atoms in total. The first-order chi connectivity index (χ1) is 8.06. The monoisotopic (exact) mass is 241 g/mol. The van der Waals surface area contributed by atoms with E-state index < -0.39 is 0 Å². The zero-order chi connectivity index (χ0) is 12.8. The highest BCUT2D eigenvalue weighted by Crippen LogP contribution is 2.10. The molecule has 1 aliphatic heterocycles. The van der Waals surface area contributed by atoms with Crippen molar-refractivity contribution in [2.24, 2.45) is 0 Å². The molecule has 5 heteroatoms. The van der Waals surface area contributed by atoms with E-state index in [1.807, 2.05) is 4.90 Å². The van der Waals surface area contributed by atoms with Gasteiger partial charge in [-0.2, -0.15) is 0 Å². The van der Waals surface area contributed by atoms with E-state index in [1.165, 1.54) is 11.8 Å². The van der Waals surface area contributed by atoms with Gasteiger partial charge in [-0.1, -0.05) is 6.92 Å². The minimum absolute atomic E-state index is 0.0539. The van der Waals surface area contributed by atoms with Gasteiger partial charge in [0.25, 0.3) is 0 Å². The molecule has 0 saturated carbocycles. The summed E-state index contributed by atoms with van der Waals surface area (Å²) in [6.07, 6.45) is 1.96. The predicted molar refractivity (Wildman–Crippen MR) is 66.6 cm³/mol. The van der Waals surface area contributed by atoms with Crippen molar-refractivity contribution in [2.75, 3.05) is 33.2 Å². The molecular formula is C12H23N3O2. The van der Waals surface area contributed by atoms with Crippen molar-refractivity contribution in [3.8, 4) is 0 Å². The normalized spacial score (nSPS) is 19.1. The molecule has 0 spiro atoms. The summed E-state index contributed by atoms with van der Waals surface area (Å²) in [6.45, 7) is 6.35. The van der Waals surface area contributed by atoms with Crippen molar-refractivity contribution in [1.82, 2.24) is 15.1 Å². The van der Waals surface area contributed by atoms with E-state index in [9.17, 15) is 9.59 Å². The first-order valence-corrected chi connectivity index (χ1v) is 6.28. The van der Waals surface area contributed by atoms with Gasteiger partial charge in [-0.05, 0) is 19.4 Å². The van der Waals surface area contributed by atoms with E-state index in [2.05, 4.69) is 12.2 Å². The Morgan fingerprint density at radius 3 is 2.59 bits per heavy atom. The third-order valence-corrected chi connectivity index (χ3v) is 3.17. The summed E-state index contributed by atoms with van der Waals surface area (Å²) in [7, 11) is 1.66. The molecule has 1 heterocycles. The zero-order valence-electron chi connectivity index (χ0n) is 11.0. The molecule has 1 aliphatic rings. The van der Waals surface area contributed by atoms with Gasteiger partial charge in [-0.15, -0.1) is 0 Å². The molecule has 2 amide bonds. The zero-order valence-corrected chi connectivity index (χ0v) is 11.0. The molecule has 1 N–H and O–H groups in total. The summed E-state index contributed by atoms with van der Waals surface area (Å²) in [5.41, 5.74) is 0. The standard InChI is InChI=1S/C12H23N3O2/c1-4-7-15(11-5-6-13-8-11)12(17)9-14(3)10(2)16/h11,13H,4-9H2,1-3H3. The molecule has 1 unspecified atom stereocenters. The highest BCUT2D eigenvalue weighted by molar-refractivity contribution is 5.83. The van der Waals surface area contributed by atoms with Crippen LogP contribution in [0.5, 0.6) is 0 Å². The lowest BCUT2D eigenvalue weighted by atomic mass is 10.2. The quantitative estimate of drug-likeness (QED) is 0.741. The number of carbonyl (C=O) groups excluding carboxylic acids is 2. The molecule has 0 bridgehead atoms. The van der Waals surface area contributed by atoms with Crippen LogP contribution in [0.25, 0.3) is 0 Å². The summed E-state index contributed by atoms with van der Waals surface area (Å²) in [6, 6.07) is 0.294. The fraction of sp³-hybridized carbons (Fsp3) is 0.833. The molecule has 1 rings (SSSR count). The SMILES string of the molecule is CCCN(C(=O)CN(C)C(C)=O)C1CCNC1. The van der Waals surface area contributed by atoms with Gasteiger partial charge in [0.2, 0.25) is 11.8 Å². The summed E-state index contributed by atoms with van der Waals surface area (Å²) in [5, 5.41) is 3.27. The number of carbonyl (C=O) groups is 2. The molecule has 98 valence electrons. The van der Waals surface area contributed by atoms with E-state index >= 15 is 0 Å². The van der Waals surface area contributed by atoms with Gasteiger partial charge in [-0.3, -0.25) is 9.59 Å². The summed E-state index contributed by atoms with van der Waals surface area (Å²) in [5.74, 6) is -0.0161. The number of amides is 2. The van der Waals surface area contributed by atoms with Gasteiger partial charge < -0.3 is 15.1 Å². The minimum atomic E-state index is -0.0701. The Kier molecular flexibility index (Phi) is 5.41. The van der Waals surface area contributed by atoms with Crippen LogP contribution in [0, 0.1) is 0 Å². The van der Waals surface area contributed by atoms with Crippen LogP contribution < -0.4 is 5.32 Å². The van der Waals surface area contributed by atoms with Crippen molar-refractivity contribution in [3.05, 3.63) is 0 Å². The third-order valence-electron chi connectivity index (χ3n) is 3.17. The summed E-state index contributed by atoms with van der Waals surface area (Å²) < 4.78 is 0. The smallest absolute Gasteiger partial charge is 0.242 e. The van der Waals surface area contributed by atoms with Crippen LogP contribution in [-0.2, 0) is 9.59 Å². The van der Waals surface area contributed by atoms with Crippen molar-refractivity contribution in [2.45, 2.75) is 32.7 Å². The molecule has 1 saturated heterocycles. The number of nitrogens with zero attached hydrogens (tertiary/aromatic N) is 2. The predicted octanol–water partition coefficient (Wildman–Crippen LogP) is 0.0652. The van der Waals surface area contributed by atoms with Crippen LogP contribution in [0.3, 0.4) is 0 Å². The van der Waals surface area contributed by atoms with Gasteiger partial charge in [0.1, 0.15) is 0 Å². The van der Waals surface area contributed by atoms with Gasteiger partial charge in [-0.25, -0.2) is 0 Å². The summed E-state index contributed by atoms with van der Waals surface area (Å²) >= 11 is 0. The van der Waals surface area contributed by atoms with Crippen molar-refractivity contribution in [3.63, 3.8) is 0 Å². The number of hydrogen-bond donors (Lipinski definition) is 1. The van der Waals surface area contributed by atoms with E-state index in [0.29, 0.717) is 6.04 Å².